The van der Waals surface area contributed by atoms with Gasteiger partial charge in [0.2, 0.25) is 15.9 Å². The third kappa shape index (κ3) is 3.63. The fourth-order valence-corrected chi connectivity index (χ4v) is 5.97. The Labute approximate surface area is 165 Å². The molecule has 2 heterocycles. The summed E-state index contributed by atoms with van der Waals surface area (Å²) in [5.41, 5.74) is -0.491. The predicted octanol–water partition coefficient (Wildman–Crippen LogP) is 1.30. The smallest absolute Gasteiger partial charge is 0.317 e. The zero-order chi connectivity index (χ0) is 19.9. The molecule has 2 aliphatic carbocycles. The van der Waals surface area contributed by atoms with Gasteiger partial charge in [0.1, 0.15) is 0 Å². The summed E-state index contributed by atoms with van der Waals surface area (Å²) < 4.78 is 32.4. The topological polar surface area (TPSA) is 117 Å². The molecule has 1 aromatic heterocycles. The van der Waals surface area contributed by atoms with Crippen molar-refractivity contribution in [2.45, 2.75) is 69.9 Å². The van der Waals surface area contributed by atoms with Crippen LogP contribution >= 0.6 is 0 Å². The van der Waals surface area contributed by atoms with Crippen molar-refractivity contribution in [3.05, 3.63) is 11.7 Å². The second kappa shape index (κ2) is 7.29. The summed E-state index contributed by atoms with van der Waals surface area (Å²) >= 11 is 0. The van der Waals surface area contributed by atoms with Gasteiger partial charge in [-0.1, -0.05) is 18.0 Å². The number of rotatable bonds is 5. The molecule has 156 valence electrons. The van der Waals surface area contributed by atoms with Crippen LogP contribution in [0.2, 0.25) is 0 Å². The highest BCUT2D eigenvalue weighted by atomic mass is 32.2. The number of likely N-dealkylation sites (tertiary alicyclic amines) is 1. The van der Waals surface area contributed by atoms with E-state index in [4.69, 9.17) is 4.52 Å². The van der Waals surface area contributed by atoms with Crippen LogP contribution in [0.5, 0.6) is 0 Å². The number of carbonyl (C=O) groups excluding carboxylic acids is 1. The van der Waals surface area contributed by atoms with E-state index in [1.54, 1.807) is 13.8 Å². The Morgan fingerprint density at radius 3 is 2.71 bits per heavy atom. The van der Waals surface area contributed by atoms with E-state index >= 15 is 0 Å². The molecule has 2 saturated carbocycles. The molecule has 0 spiro atoms. The predicted molar refractivity (Wildman–Crippen MR) is 102 cm³/mol. The molecule has 1 saturated heterocycles. The Morgan fingerprint density at radius 1 is 1.32 bits per heavy atom. The number of hydrogen-bond donors (Lipinski definition) is 2. The minimum atomic E-state index is -3.29. The van der Waals surface area contributed by atoms with Gasteiger partial charge in [0.05, 0.1) is 11.2 Å². The largest absolute Gasteiger partial charge is 0.339 e. The van der Waals surface area contributed by atoms with Crippen molar-refractivity contribution in [1.29, 1.82) is 0 Å². The summed E-state index contributed by atoms with van der Waals surface area (Å²) in [6.07, 6.45) is 5.63. The summed E-state index contributed by atoms with van der Waals surface area (Å²) in [6, 6.07) is 0.0449. The number of urea groups is 1. The second-order valence-corrected chi connectivity index (χ2v) is 10.5. The molecule has 0 aromatic carbocycles. The number of sulfonamides is 1. The Morgan fingerprint density at radius 2 is 2.07 bits per heavy atom. The standard InChI is InChI=1S/C18H29N5O4S/c1-3-28(25,26)22-15-8-13-10-23(17(24)20-14-6-4-5-7-14)11-18(13,9-15)16-19-12(2)21-27-16/h13-15,22H,3-11H2,1-2H3,(H,20,24)/t13?,15-,18+/m1/s1. The zero-order valence-electron chi connectivity index (χ0n) is 16.5. The molecule has 1 aromatic rings. The van der Waals surface area contributed by atoms with Crippen LogP contribution in [0.4, 0.5) is 4.79 Å². The van der Waals surface area contributed by atoms with E-state index in [0.717, 1.165) is 25.7 Å². The Bertz CT molecular complexity index is 835. The molecule has 0 radical (unpaired) electrons. The van der Waals surface area contributed by atoms with E-state index in [0.29, 0.717) is 37.6 Å². The summed E-state index contributed by atoms with van der Waals surface area (Å²) in [5.74, 6) is 1.21. The lowest BCUT2D eigenvalue weighted by Crippen LogP contribution is -2.45. The highest BCUT2D eigenvalue weighted by molar-refractivity contribution is 7.89. The molecular formula is C18H29N5O4S. The van der Waals surface area contributed by atoms with E-state index in [2.05, 4.69) is 20.2 Å². The van der Waals surface area contributed by atoms with Gasteiger partial charge in [0.25, 0.3) is 0 Å². The van der Waals surface area contributed by atoms with Gasteiger partial charge in [-0.25, -0.2) is 17.9 Å². The van der Waals surface area contributed by atoms with Crippen LogP contribution in [0.1, 0.15) is 57.2 Å². The molecule has 1 aliphatic heterocycles. The maximum atomic E-state index is 12.8. The summed E-state index contributed by atoms with van der Waals surface area (Å²) in [6.45, 7) is 4.45. The molecule has 2 amide bonds. The fraction of sp³-hybridized carbons (Fsp3) is 0.833. The van der Waals surface area contributed by atoms with Crippen LogP contribution in [0.25, 0.3) is 0 Å². The van der Waals surface area contributed by atoms with Crippen LogP contribution in [0, 0.1) is 12.8 Å². The maximum Gasteiger partial charge on any atom is 0.317 e. The van der Waals surface area contributed by atoms with Crippen molar-refractivity contribution in [3.63, 3.8) is 0 Å². The Balaban J connectivity index is 1.53. The van der Waals surface area contributed by atoms with E-state index in [9.17, 15) is 13.2 Å². The molecular weight excluding hydrogens is 382 g/mol. The van der Waals surface area contributed by atoms with Gasteiger partial charge < -0.3 is 14.7 Å². The molecule has 10 heteroatoms. The number of nitrogens with one attached hydrogen (secondary N) is 2. The van der Waals surface area contributed by atoms with Crippen LogP contribution in [-0.4, -0.2) is 60.4 Å². The molecule has 3 atom stereocenters. The van der Waals surface area contributed by atoms with Crippen molar-refractivity contribution in [3.8, 4) is 0 Å². The first-order chi connectivity index (χ1) is 13.3. The van der Waals surface area contributed by atoms with E-state index in [1.807, 2.05) is 4.90 Å². The lowest BCUT2D eigenvalue weighted by atomic mass is 9.80. The highest BCUT2D eigenvalue weighted by Crippen LogP contribution is 2.50. The highest BCUT2D eigenvalue weighted by Gasteiger charge is 2.58. The maximum absolute atomic E-state index is 12.8. The van der Waals surface area contributed by atoms with Gasteiger partial charge in [-0.05, 0) is 45.4 Å². The number of hydrogen-bond acceptors (Lipinski definition) is 6. The van der Waals surface area contributed by atoms with Gasteiger partial charge in [-0.15, -0.1) is 0 Å². The average molecular weight is 412 g/mol. The SMILES string of the molecule is CCS(=O)(=O)N[C@@H]1CC2CN(C(=O)NC3CCCC3)C[C@@]2(c2nc(C)no2)C1. The second-order valence-electron chi connectivity index (χ2n) is 8.47. The fourth-order valence-electron chi connectivity index (χ4n) is 5.12. The average Bonchev–Trinajstić information content (AvgIpc) is 3.38. The molecule has 28 heavy (non-hydrogen) atoms. The van der Waals surface area contributed by atoms with Crippen molar-refractivity contribution in [1.82, 2.24) is 25.1 Å². The molecule has 0 bridgehead atoms. The monoisotopic (exact) mass is 411 g/mol. The van der Waals surface area contributed by atoms with Crippen LogP contribution < -0.4 is 10.0 Å². The first-order valence-electron chi connectivity index (χ1n) is 10.2. The van der Waals surface area contributed by atoms with Crippen LogP contribution in [0.15, 0.2) is 4.52 Å². The number of fused-ring (bicyclic) bond motifs is 1. The van der Waals surface area contributed by atoms with Gasteiger partial charge >= 0.3 is 6.03 Å². The van der Waals surface area contributed by atoms with Crippen LogP contribution in [0.3, 0.4) is 0 Å². The van der Waals surface area contributed by atoms with Crippen LogP contribution in [-0.2, 0) is 15.4 Å². The molecule has 4 rings (SSSR count). The molecule has 3 aliphatic rings. The van der Waals surface area contributed by atoms with Crippen molar-refractivity contribution in [2.75, 3.05) is 18.8 Å². The van der Waals surface area contributed by atoms with Crippen molar-refractivity contribution >= 4 is 16.1 Å². The first-order valence-corrected chi connectivity index (χ1v) is 11.8. The van der Waals surface area contributed by atoms with Gasteiger partial charge in [0, 0.05) is 25.2 Å². The first kappa shape index (κ1) is 19.6. The number of aryl methyl sites for hydroxylation is 1. The van der Waals surface area contributed by atoms with Gasteiger partial charge in [0.15, 0.2) is 5.82 Å². The van der Waals surface area contributed by atoms with Crippen molar-refractivity contribution in [2.24, 2.45) is 5.92 Å². The zero-order valence-corrected chi connectivity index (χ0v) is 17.3. The summed E-state index contributed by atoms with van der Waals surface area (Å²) in [5, 5.41) is 7.09. The lowest BCUT2D eigenvalue weighted by molar-refractivity contribution is 0.196. The number of amides is 2. The summed E-state index contributed by atoms with van der Waals surface area (Å²) in [7, 11) is -3.29. The molecule has 3 fully saturated rings. The lowest BCUT2D eigenvalue weighted by Gasteiger charge is -2.26. The minimum Gasteiger partial charge on any atom is -0.339 e. The normalized spacial score (nSPS) is 30.7. The number of aromatic nitrogens is 2. The van der Waals surface area contributed by atoms with Gasteiger partial charge in [-0.3, -0.25) is 0 Å². The third-order valence-corrected chi connectivity index (χ3v) is 7.98. The van der Waals surface area contributed by atoms with E-state index in [-0.39, 0.29) is 29.8 Å². The third-order valence-electron chi connectivity index (χ3n) is 6.52. The quantitative estimate of drug-likeness (QED) is 0.754. The van der Waals surface area contributed by atoms with Gasteiger partial charge in [-0.2, -0.15) is 4.98 Å². The van der Waals surface area contributed by atoms with Crippen molar-refractivity contribution < 1.29 is 17.7 Å². The van der Waals surface area contributed by atoms with E-state index < -0.39 is 15.4 Å². The Hall–Kier alpha value is -1.68. The molecule has 1 unspecified atom stereocenters. The molecule has 9 nitrogen and oxygen atoms in total. The number of nitrogens with zero attached hydrogens (tertiary/aromatic N) is 3. The molecule has 2 N–H and O–H groups in total. The summed E-state index contributed by atoms with van der Waals surface area (Å²) in [4.78, 5) is 19.1. The van der Waals surface area contributed by atoms with E-state index in [1.165, 1.54) is 0 Å². The minimum absolute atomic E-state index is 0.0393. The number of carbonyl (C=O) groups is 1. The Kier molecular flexibility index (Phi) is 5.11.